The van der Waals surface area contributed by atoms with Crippen molar-refractivity contribution < 1.29 is 9.53 Å². The van der Waals surface area contributed by atoms with Gasteiger partial charge in [0.25, 0.3) is 0 Å². The first kappa shape index (κ1) is 15.7. The Morgan fingerprint density at radius 2 is 1.84 bits per heavy atom. The standard InChI is InChI=1S/C14H22N2O2S/c1-10-8-12(19)9-11(2)16(10)7-6-15-13(17)18-14(3,4)5/h8-9H,6-7H2,1-5H3,(H,15,17). The minimum atomic E-state index is -0.465. The van der Waals surface area contributed by atoms with E-state index in [9.17, 15) is 4.79 Å². The van der Waals surface area contributed by atoms with E-state index in [4.69, 9.17) is 17.0 Å². The van der Waals surface area contributed by atoms with Crippen LogP contribution in [0, 0.1) is 18.4 Å². The van der Waals surface area contributed by atoms with Crippen LogP contribution >= 0.6 is 12.2 Å². The fraction of sp³-hybridized carbons (Fsp3) is 0.571. The lowest BCUT2D eigenvalue weighted by Gasteiger charge is -2.20. The van der Waals surface area contributed by atoms with Gasteiger partial charge >= 0.3 is 6.09 Å². The maximum Gasteiger partial charge on any atom is 0.407 e. The third-order valence-corrected chi connectivity index (χ3v) is 2.79. The Kier molecular flexibility index (Phi) is 5.11. The van der Waals surface area contributed by atoms with E-state index >= 15 is 0 Å². The van der Waals surface area contributed by atoms with Crippen molar-refractivity contribution in [3.63, 3.8) is 0 Å². The zero-order chi connectivity index (χ0) is 14.6. The molecule has 0 aliphatic rings. The van der Waals surface area contributed by atoms with Crippen LogP contribution in [0.1, 0.15) is 32.2 Å². The van der Waals surface area contributed by atoms with Crippen molar-refractivity contribution in [3.8, 4) is 0 Å². The van der Waals surface area contributed by atoms with Crippen LogP contribution in [0.2, 0.25) is 0 Å². The SMILES string of the molecule is Cc1cc(=S)cc(C)n1CCNC(=O)OC(C)(C)C. The molecule has 0 unspecified atom stereocenters. The summed E-state index contributed by atoms with van der Waals surface area (Å²) in [5, 5.41) is 2.75. The molecule has 5 heteroatoms. The molecule has 4 nitrogen and oxygen atoms in total. The normalized spacial score (nSPS) is 11.2. The second-order valence-electron chi connectivity index (χ2n) is 5.55. The fourth-order valence-electron chi connectivity index (χ4n) is 1.82. The molecule has 0 aromatic carbocycles. The van der Waals surface area contributed by atoms with Crippen molar-refractivity contribution in [1.82, 2.24) is 9.88 Å². The summed E-state index contributed by atoms with van der Waals surface area (Å²) in [6, 6.07) is 3.91. The van der Waals surface area contributed by atoms with Crippen molar-refractivity contribution in [1.29, 1.82) is 0 Å². The minimum Gasteiger partial charge on any atom is -0.444 e. The number of nitrogens with one attached hydrogen (secondary N) is 1. The smallest absolute Gasteiger partial charge is 0.407 e. The monoisotopic (exact) mass is 282 g/mol. The van der Waals surface area contributed by atoms with Crippen LogP contribution in [0.4, 0.5) is 4.79 Å². The largest absolute Gasteiger partial charge is 0.444 e. The highest BCUT2D eigenvalue weighted by Gasteiger charge is 2.15. The van der Waals surface area contributed by atoms with Crippen LogP contribution in [-0.4, -0.2) is 22.8 Å². The average Bonchev–Trinajstić information content (AvgIpc) is 2.19. The van der Waals surface area contributed by atoms with Crippen LogP contribution in [0.15, 0.2) is 12.1 Å². The van der Waals surface area contributed by atoms with E-state index in [1.165, 1.54) is 0 Å². The molecule has 1 amide bonds. The predicted octanol–water partition coefficient (Wildman–Crippen LogP) is 3.36. The number of nitrogens with zero attached hydrogens (tertiary/aromatic N) is 1. The lowest BCUT2D eigenvalue weighted by molar-refractivity contribution is 0.0526. The number of hydrogen-bond acceptors (Lipinski definition) is 3. The zero-order valence-corrected chi connectivity index (χ0v) is 13.1. The summed E-state index contributed by atoms with van der Waals surface area (Å²) in [4.78, 5) is 11.5. The Morgan fingerprint density at radius 1 is 1.32 bits per heavy atom. The molecule has 106 valence electrons. The molecule has 1 aromatic rings. The first-order valence-electron chi connectivity index (χ1n) is 6.34. The number of alkyl carbamates (subject to hydrolysis) is 1. The van der Waals surface area contributed by atoms with Crippen molar-refractivity contribution in [3.05, 3.63) is 28.0 Å². The fourth-order valence-corrected chi connectivity index (χ4v) is 2.17. The van der Waals surface area contributed by atoms with Crippen molar-refractivity contribution in [2.45, 2.75) is 46.8 Å². The van der Waals surface area contributed by atoms with Gasteiger partial charge in [-0.1, -0.05) is 12.2 Å². The molecule has 0 atom stereocenters. The van der Waals surface area contributed by atoms with E-state index in [-0.39, 0.29) is 6.09 Å². The van der Waals surface area contributed by atoms with Gasteiger partial charge in [0.15, 0.2) is 0 Å². The molecule has 1 N–H and O–H groups in total. The molecular formula is C14H22N2O2S. The van der Waals surface area contributed by atoms with E-state index in [0.717, 1.165) is 15.9 Å². The summed E-state index contributed by atoms with van der Waals surface area (Å²) >= 11 is 5.16. The van der Waals surface area contributed by atoms with Gasteiger partial charge in [-0.05, 0) is 46.8 Å². The molecule has 0 saturated carbocycles. The first-order valence-corrected chi connectivity index (χ1v) is 6.75. The van der Waals surface area contributed by atoms with Gasteiger partial charge in [0.1, 0.15) is 5.60 Å². The topological polar surface area (TPSA) is 43.3 Å². The van der Waals surface area contributed by atoms with Gasteiger partial charge in [0.05, 0.1) is 0 Å². The van der Waals surface area contributed by atoms with Crippen LogP contribution < -0.4 is 5.32 Å². The molecule has 0 spiro atoms. The van der Waals surface area contributed by atoms with Gasteiger partial charge in [0, 0.05) is 29.0 Å². The molecule has 0 radical (unpaired) electrons. The summed E-state index contributed by atoms with van der Waals surface area (Å²) in [7, 11) is 0. The highest BCUT2D eigenvalue weighted by atomic mass is 32.1. The zero-order valence-electron chi connectivity index (χ0n) is 12.2. The lowest BCUT2D eigenvalue weighted by atomic mass is 10.2. The Morgan fingerprint density at radius 3 is 2.32 bits per heavy atom. The van der Waals surface area contributed by atoms with E-state index < -0.39 is 5.60 Å². The number of amides is 1. The molecule has 0 aliphatic carbocycles. The average molecular weight is 282 g/mol. The Hall–Kier alpha value is -1.36. The first-order chi connectivity index (χ1) is 8.69. The highest BCUT2D eigenvalue weighted by Crippen LogP contribution is 2.07. The number of pyridine rings is 1. The number of carbonyl (C=O) groups is 1. The summed E-state index contributed by atoms with van der Waals surface area (Å²) < 4.78 is 8.14. The number of aromatic nitrogens is 1. The van der Waals surface area contributed by atoms with Gasteiger partial charge in [-0.2, -0.15) is 0 Å². The molecule has 0 bridgehead atoms. The van der Waals surface area contributed by atoms with E-state index in [1.54, 1.807) is 0 Å². The van der Waals surface area contributed by atoms with Gasteiger partial charge in [-0.3, -0.25) is 0 Å². The third kappa shape index (κ3) is 5.42. The Labute approximate surface area is 119 Å². The van der Waals surface area contributed by atoms with E-state index in [2.05, 4.69) is 9.88 Å². The minimum absolute atomic E-state index is 0.386. The maximum atomic E-state index is 11.5. The molecule has 1 rings (SSSR count). The number of hydrogen-bond donors (Lipinski definition) is 1. The number of aryl methyl sites for hydroxylation is 2. The molecule has 1 heterocycles. The second kappa shape index (κ2) is 6.19. The Balaban J connectivity index is 2.55. The lowest BCUT2D eigenvalue weighted by Crippen LogP contribution is -2.34. The van der Waals surface area contributed by atoms with Gasteiger partial charge < -0.3 is 14.6 Å². The molecule has 0 aliphatic heterocycles. The predicted molar refractivity (Wildman–Crippen MR) is 79.0 cm³/mol. The molecular weight excluding hydrogens is 260 g/mol. The Bertz CT molecular complexity index is 489. The quantitative estimate of drug-likeness (QED) is 0.865. The van der Waals surface area contributed by atoms with Gasteiger partial charge in [-0.25, -0.2) is 4.79 Å². The van der Waals surface area contributed by atoms with Crippen molar-refractivity contribution in [2.75, 3.05) is 6.54 Å². The number of carbonyl (C=O) groups excluding carboxylic acids is 1. The summed E-state index contributed by atoms with van der Waals surface area (Å²) in [5.74, 6) is 0. The van der Waals surface area contributed by atoms with Gasteiger partial charge in [0.2, 0.25) is 0 Å². The van der Waals surface area contributed by atoms with E-state index in [0.29, 0.717) is 13.1 Å². The van der Waals surface area contributed by atoms with Crippen LogP contribution in [0.3, 0.4) is 0 Å². The van der Waals surface area contributed by atoms with Crippen LogP contribution in [0.5, 0.6) is 0 Å². The molecule has 19 heavy (non-hydrogen) atoms. The highest BCUT2D eigenvalue weighted by molar-refractivity contribution is 7.71. The maximum absolute atomic E-state index is 11.5. The molecule has 1 aromatic heterocycles. The second-order valence-corrected chi connectivity index (χ2v) is 6.03. The number of rotatable bonds is 3. The molecule has 0 fully saturated rings. The van der Waals surface area contributed by atoms with Gasteiger partial charge in [-0.15, -0.1) is 0 Å². The van der Waals surface area contributed by atoms with Crippen molar-refractivity contribution >= 4 is 18.3 Å². The summed E-state index contributed by atoms with van der Waals surface area (Å²) in [5.41, 5.74) is 1.72. The third-order valence-electron chi connectivity index (χ3n) is 2.56. The summed E-state index contributed by atoms with van der Waals surface area (Å²) in [6.45, 7) is 10.8. The van der Waals surface area contributed by atoms with Crippen LogP contribution in [0.25, 0.3) is 0 Å². The van der Waals surface area contributed by atoms with Crippen LogP contribution in [-0.2, 0) is 11.3 Å². The van der Waals surface area contributed by atoms with Crippen molar-refractivity contribution in [2.24, 2.45) is 0 Å². The van der Waals surface area contributed by atoms with E-state index in [1.807, 2.05) is 46.8 Å². The molecule has 0 saturated heterocycles. The summed E-state index contributed by atoms with van der Waals surface area (Å²) in [6.07, 6.45) is -0.386. The number of ether oxygens (including phenoxy) is 1.